The Bertz CT molecular complexity index is 371. The Morgan fingerprint density at radius 3 is 2.35 bits per heavy atom. The molecule has 3 nitrogen and oxygen atoms in total. The lowest BCUT2D eigenvalue weighted by Crippen LogP contribution is -2.14. The van der Waals surface area contributed by atoms with Crippen LogP contribution in [0.15, 0.2) is 18.2 Å². The number of rotatable bonds is 3. The Hall–Kier alpha value is -0.980. The minimum Gasteiger partial charge on any atom is -0.508 e. The predicted octanol–water partition coefficient (Wildman–Crippen LogP) is 2.22. The van der Waals surface area contributed by atoms with Crippen LogP contribution < -0.4 is 5.73 Å². The lowest BCUT2D eigenvalue weighted by Gasteiger charge is -2.15. The first-order chi connectivity index (χ1) is 7.36. The van der Waals surface area contributed by atoms with E-state index in [-0.39, 0.29) is 36.7 Å². The summed E-state index contributed by atoms with van der Waals surface area (Å²) in [7, 11) is 0. The Morgan fingerprint density at radius 1 is 1.29 bits per heavy atom. The molecule has 7 heteroatoms. The molecule has 0 aliphatic heterocycles. The summed E-state index contributed by atoms with van der Waals surface area (Å²) < 4.78 is 37.1. The van der Waals surface area contributed by atoms with Gasteiger partial charge in [0.05, 0.1) is 5.56 Å². The Kier molecular flexibility index (Phi) is 5.74. The van der Waals surface area contributed by atoms with Crippen LogP contribution in [0.2, 0.25) is 0 Å². The predicted molar refractivity (Wildman–Crippen MR) is 59.0 cm³/mol. The summed E-state index contributed by atoms with van der Waals surface area (Å²) in [6, 6.07) is 1.72. The summed E-state index contributed by atoms with van der Waals surface area (Å²) in [4.78, 5) is 0. The molecule has 0 amide bonds. The topological polar surface area (TPSA) is 66.5 Å². The van der Waals surface area contributed by atoms with Crippen LogP contribution in [0.5, 0.6) is 5.75 Å². The first-order valence-electron chi connectivity index (χ1n) is 4.63. The largest absolute Gasteiger partial charge is 0.508 e. The highest BCUT2D eigenvalue weighted by molar-refractivity contribution is 5.85. The van der Waals surface area contributed by atoms with E-state index < -0.39 is 17.8 Å². The van der Waals surface area contributed by atoms with Gasteiger partial charge in [-0.05, 0) is 24.6 Å². The number of halogens is 4. The minimum absolute atomic E-state index is 0. The van der Waals surface area contributed by atoms with Crippen molar-refractivity contribution in [2.45, 2.75) is 18.6 Å². The number of hydrogen-bond donors (Lipinski definition) is 3. The number of phenolic OH excluding ortho intramolecular Hbond substituents is 1. The van der Waals surface area contributed by atoms with Gasteiger partial charge in [0.25, 0.3) is 0 Å². The van der Waals surface area contributed by atoms with Crippen LogP contribution >= 0.6 is 12.4 Å². The Labute approximate surface area is 102 Å². The Morgan fingerprint density at radius 2 is 1.88 bits per heavy atom. The van der Waals surface area contributed by atoms with Crippen molar-refractivity contribution in [1.29, 1.82) is 0 Å². The van der Waals surface area contributed by atoms with Crippen molar-refractivity contribution >= 4 is 12.4 Å². The number of aliphatic hydroxyl groups is 1. The maximum absolute atomic E-state index is 12.4. The monoisotopic (exact) mass is 271 g/mol. The van der Waals surface area contributed by atoms with Gasteiger partial charge in [0.2, 0.25) is 0 Å². The van der Waals surface area contributed by atoms with Gasteiger partial charge in [0, 0.05) is 18.2 Å². The SMILES string of the molecule is Cl.N[C@H](CCO)c1cc(C(F)(F)F)ccc1O. The molecule has 1 atom stereocenters. The first-order valence-corrected chi connectivity index (χ1v) is 4.63. The molecule has 0 heterocycles. The molecule has 1 rings (SSSR count). The number of hydrogen-bond acceptors (Lipinski definition) is 3. The van der Waals surface area contributed by atoms with E-state index >= 15 is 0 Å². The summed E-state index contributed by atoms with van der Waals surface area (Å²) in [5, 5.41) is 18.0. The third-order valence-electron chi connectivity index (χ3n) is 2.19. The maximum Gasteiger partial charge on any atom is 0.416 e. The van der Waals surface area contributed by atoms with E-state index in [4.69, 9.17) is 10.8 Å². The molecule has 1 aromatic carbocycles. The molecule has 0 aromatic heterocycles. The van der Waals surface area contributed by atoms with Gasteiger partial charge in [0.15, 0.2) is 0 Å². The fourth-order valence-electron chi connectivity index (χ4n) is 1.32. The lowest BCUT2D eigenvalue weighted by atomic mass is 10.0. The number of phenols is 1. The molecular weight excluding hydrogens is 259 g/mol. The van der Waals surface area contributed by atoms with Gasteiger partial charge in [-0.3, -0.25) is 0 Å². The van der Waals surface area contributed by atoms with Crippen molar-refractivity contribution in [2.24, 2.45) is 5.73 Å². The standard InChI is InChI=1S/C10H12F3NO2.ClH/c11-10(12,13)6-1-2-9(16)7(5-6)8(14)3-4-15;/h1-2,5,8,15-16H,3-4,14H2;1H/t8-;/m1./s1. The highest BCUT2D eigenvalue weighted by atomic mass is 35.5. The smallest absolute Gasteiger partial charge is 0.416 e. The number of aliphatic hydroxyl groups excluding tert-OH is 1. The second kappa shape index (κ2) is 6.09. The van der Waals surface area contributed by atoms with Crippen LogP contribution in [0.25, 0.3) is 0 Å². The molecule has 0 fully saturated rings. The fourth-order valence-corrected chi connectivity index (χ4v) is 1.32. The van der Waals surface area contributed by atoms with E-state index in [9.17, 15) is 18.3 Å². The van der Waals surface area contributed by atoms with Crippen LogP contribution in [0.1, 0.15) is 23.6 Å². The summed E-state index contributed by atoms with van der Waals surface area (Å²) in [6.45, 7) is -0.253. The highest BCUT2D eigenvalue weighted by Gasteiger charge is 2.31. The van der Waals surface area contributed by atoms with Crippen molar-refractivity contribution in [3.63, 3.8) is 0 Å². The lowest BCUT2D eigenvalue weighted by molar-refractivity contribution is -0.137. The third kappa shape index (κ3) is 4.07. The van der Waals surface area contributed by atoms with E-state index in [0.29, 0.717) is 0 Å². The molecule has 1 aromatic rings. The van der Waals surface area contributed by atoms with Gasteiger partial charge in [-0.25, -0.2) is 0 Å². The second-order valence-electron chi connectivity index (χ2n) is 3.39. The number of benzene rings is 1. The fraction of sp³-hybridized carbons (Fsp3) is 0.400. The van der Waals surface area contributed by atoms with E-state index in [2.05, 4.69) is 0 Å². The maximum atomic E-state index is 12.4. The number of nitrogens with two attached hydrogens (primary N) is 1. The molecule has 17 heavy (non-hydrogen) atoms. The molecule has 0 bridgehead atoms. The van der Waals surface area contributed by atoms with E-state index in [1.807, 2.05) is 0 Å². The molecule has 98 valence electrons. The minimum atomic E-state index is -4.47. The average Bonchev–Trinajstić information content (AvgIpc) is 2.16. The van der Waals surface area contributed by atoms with Gasteiger partial charge in [-0.1, -0.05) is 0 Å². The molecule has 0 aliphatic rings. The van der Waals surface area contributed by atoms with Crippen LogP contribution in [-0.2, 0) is 6.18 Å². The summed E-state index contributed by atoms with van der Waals surface area (Å²) in [5.41, 5.74) is 4.65. The zero-order chi connectivity index (χ0) is 12.3. The van der Waals surface area contributed by atoms with Crippen molar-refractivity contribution < 1.29 is 23.4 Å². The average molecular weight is 272 g/mol. The van der Waals surface area contributed by atoms with Crippen LogP contribution in [0.3, 0.4) is 0 Å². The van der Waals surface area contributed by atoms with Crippen molar-refractivity contribution in [2.75, 3.05) is 6.61 Å². The zero-order valence-corrected chi connectivity index (χ0v) is 9.55. The summed E-state index contributed by atoms with van der Waals surface area (Å²) >= 11 is 0. The molecular formula is C10H13ClF3NO2. The van der Waals surface area contributed by atoms with Crippen molar-refractivity contribution in [3.05, 3.63) is 29.3 Å². The third-order valence-corrected chi connectivity index (χ3v) is 2.19. The Balaban J connectivity index is 0.00000256. The molecule has 0 saturated carbocycles. The summed E-state index contributed by atoms with van der Waals surface area (Å²) in [5.74, 6) is -0.297. The van der Waals surface area contributed by atoms with Gasteiger partial charge in [-0.2, -0.15) is 13.2 Å². The van der Waals surface area contributed by atoms with Crippen molar-refractivity contribution in [1.82, 2.24) is 0 Å². The number of alkyl halides is 3. The molecule has 0 radical (unpaired) electrons. The second-order valence-corrected chi connectivity index (χ2v) is 3.39. The van der Waals surface area contributed by atoms with Crippen molar-refractivity contribution in [3.8, 4) is 5.75 Å². The molecule has 4 N–H and O–H groups in total. The van der Waals surface area contributed by atoms with Crippen LogP contribution in [-0.4, -0.2) is 16.8 Å². The van der Waals surface area contributed by atoms with Gasteiger partial charge in [-0.15, -0.1) is 12.4 Å². The van der Waals surface area contributed by atoms with E-state index in [0.717, 1.165) is 18.2 Å². The van der Waals surface area contributed by atoms with Gasteiger partial charge in [0.1, 0.15) is 5.75 Å². The van der Waals surface area contributed by atoms with Crippen LogP contribution in [0.4, 0.5) is 13.2 Å². The molecule has 0 spiro atoms. The van der Waals surface area contributed by atoms with Gasteiger partial charge >= 0.3 is 6.18 Å². The van der Waals surface area contributed by atoms with E-state index in [1.54, 1.807) is 0 Å². The first kappa shape index (κ1) is 16.0. The molecule has 0 unspecified atom stereocenters. The van der Waals surface area contributed by atoms with Gasteiger partial charge < -0.3 is 15.9 Å². The zero-order valence-electron chi connectivity index (χ0n) is 8.74. The highest BCUT2D eigenvalue weighted by Crippen LogP contribution is 2.34. The molecule has 0 aliphatic carbocycles. The molecule has 0 saturated heterocycles. The van der Waals surface area contributed by atoms with Crippen LogP contribution in [0, 0.1) is 0 Å². The number of aromatic hydroxyl groups is 1. The normalized spacial score (nSPS) is 13.0. The summed E-state index contributed by atoms with van der Waals surface area (Å²) in [6.07, 6.45) is -4.38. The quantitative estimate of drug-likeness (QED) is 0.790. The van der Waals surface area contributed by atoms with E-state index in [1.165, 1.54) is 0 Å².